The zero-order chi connectivity index (χ0) is 17.6. The average Bonchev–Trinajstić information content (AvgIpc) is 3.09. The van der Waals surface area contributed by atoms with E-state index in [4.69, 9.17) is 18.9 Å². The average molecular weight is 344 g/mol. The molecule has 0 bridgehead atoms. The van der Waals surface area contributed by atoms with Crippen LogP contribution in [0, 0.1) is 0 Å². The third-order valence-electron chi connectivity index (χ3n) is 3.73. The fraction of sp³-hybridized carbons (Fsp3) is 0.278. The fourth-order valence-corrected chi connectivity index (χ4v) is 2.45. The Labute approximate surface area is 145 Å². The number of fused-ring (bicyclic) bond motifs is 1. The van der Waals surface area contributed by atoms with Gasteiger partial charge < -0.3 is 29.6 Å². The van der Waals surface area contributed by atoms with Crippen LogP contribution in [0.3, 0.4) is 0 Å². The van der Waals surface area contributed by atoms with Crippen LogP contribution in [0.1, 0.15) is 6.42 Å². The second kappa shape index (κ2) is 7.65. The Hall–Kier alpha value is -3.09. The number of methoxy groups -OCH3 is 2. The van der Waals surface area contributed by atoms with Gasteiger partial charge >= 0.3 is 0 Å². The van der Waals surface area contributed by atoms with E-state index in [1.54, 1.807) is 32.4 Å². The number of nitrogens with one attached hydrogen (secondary N) is 2. The third kappa shape index (κ3) is 4.06. The molecule has 3 rings (SSSR count). The summed E-state index contributed by atoms with van der Waals surface area (Å²) in [7, 11) is 3.13. The van der Waals surface area contributed by atoms with Gasteiger partial charge in [-0.05, 0) is 24.3 Å². The van der Waals surface area contributed by atoms with Gasteiger partial charge in [0, 0.05) is 30.8 Å². The summed E-state index contributed by atoms with van der Waals surface area (Å²) in [6, 6.07) is 10.8. The van der Waals surface area contributed by atoms with Crippen LogP contribution >= 0.6 is 0 Å². The van der Waals surface area contributed by atoms with E-state index in [0.29, 0.717) is 35.9 Å². The van der Waals surface area contributed by atoms with Gasteiger partial charge in [0.05, 0.1) is 19.9 Å². The predicted octanol–water partition coefficient (Wildman–Crippen LogP) is 2.87. The smallest absolute Gasteiger partial charge is 0.231 e. The van der Waals surface area contributed by atoms with Crippen LogP contribution in [0.25, 0.3) is 0 Å². The zero-order valence-corrected chi connectivity index (χ0v) is 14.1. The van der Waals surface area contributed by atoms with Gasteiger partial charge in [-0.1, -0.05) is 0 Å². The van der Waals surface area contributed by atoms with Gasteiger partial charge in [-0.25, -0.2) is 0 Å². The molecule has 2 N–H and O–H groups in total. The molecule has 7 nitrogen and oxygen atoms in total. The number of carbonyl (C=O) groups is 1. The summed E-state index contributed by atoms with van der Waals surface area (Å²) in [5, 5.41) is 6.03. The highest BCUT2D eigenvalue weighted by Crippen LogP contribution is 2.34. The number of hydrogen-bond acceptors (Lipinski definition) is 6. The summed E-state index contributed by atoms with van der Waals surface area (Å²) < 4.78 is 21.0. The molecular formula is C18H20N2O5. The van der Waals surface area contributed by atoms with E-state index in [1.807, 2.05) is 18.2 Å². The maximum absolute atomic E-state index is 12.2. The first-order valence-electron chi connectivity index (χ1n) is 7.85. The van der Waals surface area contributed by atoms with Crippen molar-refractivity contribution in [2.45, 2.75) is 6.42 Å². The Morgan fingerprint density at radius 2 is 1.92 bits per heavy atom. The van der Waals surface area contributed by atoms with Gasteiger partial charge in [0.15, 0.2) is 11.5 Å². The van der Waals surface area contributed by atoms with Crippen molar-refractivity contribution in [3.05, 3.63) is 36.4 Å². The van der Waals surface area contributed by atoms with Crippen LogP contribution in [0.2, 0.25) is 0 Å². The minimum atomic E-state index is -0.125. The summed E-state index contributed by atoms with van der Waals surface area (Å²) in [5.74, 6) is 2.54. The molecule has 0 spiro atoms. The highest BCUT2D eigenvalue weighted by Gasteiger charge is 2.13. The van der Waals surface area contributed by atoms with E-state index in [0.717, 1.165) is 11.4 Å². The zero-order valence-electron chi connectivity index (χ0n) is 14.1. The molecule has 0 aliphatic carbocycles. The lowest BCUT2D eigenvalue weighted by molar-refractivity contribution is -0.116. The van der Waals surface area contributed by atoms with Crippen molar-refractivity contribution >= 4 is 17.3 Å². The minimum Gasteiger partial charge on any atom is -0.497 e. The van der Waals surface area contributed by atoms with Crippen LogP contribution < -0.4 is 29.6 Å². The molecule has 1 aliphatic rings. The summed E-state index contributed by atoms with van der Waals surface area (Å²) in [6.45, 7) is 0.724. The molecule has 7 heteroatoms. The highest BCUT2D eigenvalue weighted by molar-refractivity contribution is 5.92. The monoisotopic (exact) mass is 344 g/mol. The summed E-state index contributed by atoms with van der Waals surface area (Å²) in [5.41, 5.74) is 1.45. The molecule has 132 valence electrons. The molecule has 0 saturated carbocycles. The van der Waals surface area contributed by atoms with E-state index in [1.165, 1.54) is 0 Å². The topological polar surface area (TPSA) is 78.1 Å². The maximum atomic E-state index is 12.2. The molecule has 0 unspecified atom stereocenters. The number of carbonyl (C=O) groups excluding carboxylic acids is 1. The predicted molar refractivity (Wildman–Crippen MR) is 93.8 cm³/mol. The fourth-order valence-electron chi connectivity index (χ4n) is 2.45. The van der Waals surface area contributed by atoms with Crippen molar-refractivity contribution in [1.29, 1.82) is 0 Å². The molecule has 2 aromatic rings. The van der Waals surface area contributed by atoms with Gasteiger partial charge in [0.25, 0.3) is 0 Å². The lowest BCUT2D eigenvalue weighted by Crippen LogP contribution is -2.16. The number of rotatable bonds is 7. The van der Waals surface area contributed by atoms with Crippen LogP contribution in [0.5, 0.6) is 23.0 Å². The lowest BCUT2D eigenvalue weighted by atomic mass is 10.2. The second-order valence-electron chi connectivity index (χ2n) is 5.36. The molecule has 1 amide bonds. The molecule has 0 radical (unpaired) electrons. The largest absolute Gasteiger partial charge is 0.497 e. The van der Waals surface area contributed by atoms with Crippen LogP contribution in [-0.4, -0.2) is 33.5 Å². The van der Waals surface area contributed by atoms with Crippen molar-refractivity contribution < 1.29 is 23.7 Å². The lowest BCUT2D eigenvalue weighted by Gasteiger charge is -2.12. The molecule has 2 aromatic carbocycles. The Kier molecular flexibility index (Phi) is 5.13. The first-order chi connectivity index (χ1) is 12.2. The standard InChI is InChI=1S/C18H20N2O5/c1-22-13-4-6-15(23-2)14(10-13)20-18(21)7-8-19-12-3-5-16-17(9-12)25-11-24-16/h3-6,9-10,19H,7-8,11H2,1-2H3,(H,20,21). The number of amides is 1. The van der Waals surface area contributed by atoms with E-state index in [2.05, 4.69) is 10.6 Å². The summed E-state index contributed by atoms with van der Waals surface area (Å²) in [6.07, 6.45) is 0.300. The van der Waals surface area contributed by atoms with Crippen LogP contribution in [0.4, 0.5) is 11.4 Å². The van der Waals surface area contributed by atoms with Crippen molar-refractivity contribution in [2.24, 2.45) is 0 Å². The molecule has 0 atom stereocenters. The molecule has 0 saturated heterocycles. The first-order valence-corrected chi connectivity index (χ1v) is 7.85. The Morgan fingerprint density at radius 3 is 2.72 bits per heavy atom. The second-order valence-corrected chi connectivity index (χ2v) is 5.36. The van der Waals surface area contributed by atoms with Crippen molar-refractivity contribution in [1.82, 2.24) is 0 Å². The normalized spacial score (nSPS) is 11.8. The molecule has 25 heavy (non-hydrogen) atoms. The molecule has 0 aromatic heterocycles. The quantitative estimate of drug-likeness (QED) is 0.804. The molecule has 1 aliphatic heterocycles. The van der Waals surface area contributed by atoms with Crippen molar-refractivity contribution in [3.63, 3.8) is 0 Å². The maximum Gasteiger partial charge on any atom is 0.231 e. The Balaban J connectivity index is 1.53. The van der Waals surface area contributed by atoms with E-state index in [-0.39, 0.29) is 12.7 Å². The van der Waals surface area contributed by atoms with E-state index < -0.39 is 0 Å². The van der Waals surface area contributed by atoms with Gasteiger partial charge in [-0.2, -0.15) is 0 Å². The highest BCUT2D eigenvalue weighted by atomic mass is 16.7. The molecular weight excluding hydrogens is 324 g/mol. The number of anilines is 2. The summed E-state index contributed by atoms with van der Waals surface area (Å²) in [4.78, 5) is 12.2. The van der Waals surface area contributed by atoms with Gasteiger partial charge in [0.1, 0.15) is 11.5 Å². The number of hydrogen-bond donors (Lipinski definition) is 2. The Bertz CT molecular complexity index is 763. The van der Waals surface area contributed by atoms with Crippen molar-refractivity contribution in [3.8, 4) is 23.0 Å². The SMILES string of the molecule is COc1ccc(OC)c(NC(=O)CCNc2ccc3c(c2)OCO3)c1. The first kappa shape index (κ1) is 16.8. The van der Waals surface area contributed by atoms with Gasteiger partial charge in [-0.3, -0.25) is 4.79 Å². The van der Waals surface area contributed by atoms with E-state index in [9.17, 15) is 4.79 Å². The third-order valence-corrected chi connectivity index (χ3v) is 3.73. The Morgan fingerprint density at radius 1 is 1.08 bits per heavy atom. The number of ether oxygens (including phenoxy) is 4. The molecule has 0 fully saturated rings. The van der Waals surface area contributed by atoms with Crippen LogP contribution in [-0.2, 0) is 4.79 Å². The van der Waals surface area contributed by atoms with Gasteiger partial charge in [0.2, 0.25) is 12.7 Å². The van der Waals surface area contributed by atoms with E-state index >= 15 is 0 Å². The minimum absolute atomic E-state index is 0.125. The summed E-state index contributed by atoms with van der Waals surface area (Å²) >= 11 is 0. The molecule has 1 heterocycles. The van der Waals surface area contributed by atoms with Gasteiger partial charge in [-0.15, -0.1) is 0 Å². The van der Waals surface area contributed by atoms with Crippen LogP contribution in [0.15, 0.2) is 36.4 Å². The van der Waals surface area contributed by atoms with Crippen molar-refractivity contribution in [2.75, 3.05) is 38.2 Å². The number of benzene rings is 2.